The van der Waals surface area contributed by atoms with Gasteiger partial charge in [-0.2, -0.15) is 8.42 Å². The molecule has 0 heterocycles. The first-order valence-corrected chi connectivity index (χ1v) is 12.8. The first-order valence-electron chi connectivity index (χ1n) is 11.3. The van der Waals surface area contributed by atoms with Crippen LogP contribution in [0.25, 0.3) is 0 Å². The predicted molar refractivity (Wildman–Crippen MR) is 134 cm³/mol. The lowest BCUT2D eigenvalue weighted by atomic mass is 9.94. The largest absolute Gasteiger partial charge is 0.477 e. The fourth-order valence-corrected chi connectivity index (χ4v) is 4.70. The fraction of sp³-hybridized carbons (Fsp3) is 0.462. The van der Waals surface area contributed by atoms with Crippen LogP contribution in [0.1, 0.15) is 64.3 Å². The van der Waals surface area contributed by atoms with Crippen LogP contribution < -0.4 is 5.32 Å². The van der Waals surface area contributed by atoms with Crippen LogP contribution in [0.3, 0.4) is 0 Å². The summed E-state index contributed by atoms with van der Waals surface area (Å²) in [6.45, 7) is 14.3. The molecule has 0 aliphatic carbocycles. The van der Waals surface area contributed by atoms with E-state index >= 15 is 0 Å². The molecule has 0 bridgehead atoms. The number of rotatable bonds is 7. The standard InChI is InChI=1S/C26H36N2O5S/c1-17(2)32-24(28-34(30,31)22-16-18(3)14-15-19(22)4)20(5)23(21-12-10-9-11-13-21)27-25(29)33-26(6,7)8/h9-17,20,23H,1-8H3,(H,27,29)/b28-24+/t20-,23+/m1/s1. The number of ether oxygens (including phenoxy) is 2. The Hall–Kier alpha value is -2.87. The number of aryl methyl sites for hydroxylation is 2. The van der Waals surface area contributed by atoms with E-state index in [0.29, 0.717) is 5.56 Å². The number of carbonyl (C=O) groups is 1. The van der Waals surface area contributed by atoms with Crippen LogP contribution >= 0.6 is 0 Å². The van der Waals surface area contributed by atoms with E-state index in [-0.39, 0.29) is 16.9 Å². The Morgan fingerprint density at radius 3 is 2.18 bits per heavy atom. The van der Waals surface area contributed by atoms with Crippen molar-refractivity contribution >= 4 is 22.0 Å². The smallest absolute Gasteiger partial charge is 0.408 e. The highest BCUT2D eigenvalue weighted by molar-refractivity contribution is 7.90. The highest BCUT2D eigenvalue weighted by atomic mass is 32.2. The molecule has 34 heavy (non-hydrogen) atoms. The van der Waals surface area contributed by atoms with Crippen LogP contribution in [0.15, 0.2) is 57.8 Å². The van der Waals surface area contributed by atoms with Gasteiger partial charge >= 0.3 is 6.09 Å². The molecule has 0 radical (unpaired) electrons. The average molecular weight is 489 g/mol. The van der Waals surface area contributed by atoms with Crippen molar-refractivity contribution in [3.05, 3.63) is 65.2 Å². The number of sulfonamides is 1. The molecule has 0 saturated carbocycles. The predicted octanol–water partition coefficient (Wildman–Crippen LogP) is 5.72. The maximum Gasteiger partial charge on any atom is 0.408 e. The molecule has 2 aromatic carbocycles. The van der Waals surface area contributed by atoms with Gasteiger partial charge in [0.05, 0.1) is 23.0 Å². The molecular formula is C26H36N2O5S. The Morgan fingerprint density at radius 1 is 1.00 bits per heavy atom. The normalized spacial score (nSPS) is 14.4. The number of carbonyl (C=O) groups excluding carboxylic acids is 1. The van der Waals surface area contributed by atoms with Gasteiger partial charge in [0.2, 0.25) is 5.90 Å². The van der Waals surface area contributed by atoms with Crippen LogP contribution in [0, 0.1) is 19.8 Å². The number of amides is 1. The fourth-order valence-electron chi connectivity index (χ4n) is 3.34. The molecule has 2 atom stereocenters. The Labute approximate surface area is 203 Å². The highest BCUT2D eigenvalue weighted by Gasteiger charge is 2.31. The molecule has 1 amide bonds. The minimum atomic E-state index is -4.06. The van der Waals surface area contributed by atoms with Crippen molar-refractivity contribution in [3.8, 4) is 0 Å². The minimum absolute atomic E-state index is 0.0146. The summed E-state index contributed by atoms with van der Waals surface area (Å²) < 4.78 is 42.1. The van der Waals surface area contributed by atoms with Gasteiger partial charge in [0.15, 0.2) is 0 Å². The van der Waals surface area contributed by atoms with Gasteiger partial charge in [-0.3, -0.25) is 0 Å². The third-order valence-electron chi connectivity index (χ3n) is 4.91. The van der Waals surface area contributed by atoms with Crippen molar-refractivity contribution in [3.63, 3.8) is 0 Å². The summed E-state index contributed by atoms with van der Waals surface area (Å²) in [5.41, 5.74) is 1.49. The van der Waals surface area contributed by atoms with Crippen molar-refractivity contribution in [1.29, 1.82) is 0 Å². The zero-order valence-electron chi connectivity index (χ0n) is 21.2. The Bertz CT molecular complexity index is 1120. The van der Waals surface area contributed by atoms with Gasteiger partial charge in [0.1, 0.15) is 5.60 Å². The van der Waals surface area contributed by atoms with E-state index in [2.05, 4.69) is 9.71 Å². The quantitative estimate of drug-likeness (QED) is 0.397. The Balaban J connectivity index is 2.54. The first-order chi connectivity index (χ1) is 15.7. The van der Waals surface area contributed by atoms with E-state index in [4.69, 9.17) is 9.47 Å². The highest BCUT2D eigenvalue weighted by Crippen LogP contribution is 2.27. The minimum Gasteiger partial charge on any atom is -0.477 e. The maximum absolute atomic E-state index is 13.3. The molecule has 0 aliphatic heterocycles. The number of alkyl carbamates (subject to hydrolysis) is 1. The van der Waals surface area contributed by atoms with E-state index in [1.807, 2.05) is 43.3 Å². The average Bonchev–Trinajstić information content (AvgIpc) is 2.71. The van der Waals surface area contributed by atoms with Crippen molar-refractivity contribution in [2.24, 2.45) is 10.3 Å². The zero-order chi connectivity index (χ0) is 25.7. The Kier molecular flexibility index (Phi) is 8.89. The van der Waals surface area contributed by atoms with Crippen LogP contribution in [-0.2, 0) is 19.5 Å². The van der Waals surface area contributed by atoms with Gasteiger partial charge in [0, 0.05) is 0 Å². The summed E-state index contributed by atoms with van der Waals surface area (Å²) in [5, 5.41) is 2.87. The monoisotopic (exact) mass is 488 g/mol. The lowest BCUT2D eigenvalue weighted by Gasteiger charge is -2.29. The second-order valence-corrected chi connectivity index (χ2v) is 11.2. The summed E-state index contributed by atoms with van der Waals surface area (Å²) in [7, 11) is -4.06. The van der Waals surface area contributed by atoms with Crippen molar-refractivity contribution < 1.29 is 22.7 Å². The van der Waals surface area contributed by atoms with Gasteiger partial charge in [-0.1, -0.05) is 49.4 Å². The molecule has 0 aromatic heterocycles. The SMILES string of the molecule is Cc1ccc(C)c(S(=O)(=O)/N=C(/OC(C)C)[C@H](C)[C@H](NC(=O)OC(C)(C)C)c2ccccc2)c1. The number of hydrogen-bond donors (Lipinski definition) is 1. The first kappa shape index (κ1) is 27.4. The molecule has 0 spiro atoms. The lowest BCUT2D eigenvalue weighted by molar-refractivity contribution is 0.0492. The van der Waals surface area contributed by atoms with Gasteiger partial charge in [0.25, 0.3) is 10.0 Å². The number of benzene rings is 2. The van der Waals surface area contributed by atoms with Crippen LogP contribution in [0.2, 0.25) is 0 Å². The molecule has 1 N–H and O–H groups in total. The third kappa shape index (κ3) is 7.87. The molecule has 186 valence electrons. The molecule has 2 aromatic rings. The topological polar surface area (TPSA) is 94.1 Å². The van der Waals surface area contributed by atoms with E-state index in [1.54, 1.807) is 60.6 Å². The number of hydrogen-bond acceptors (Lipinski definition) is 5. The zero-order valence-corrected chi connectivity index (χ0v) is 22.1. The van der Waals surface area contributed by atoms with Crippen molar-refractivity contribution in [2.45, 2.75) is 78.0 Å². The molecule has 7 nitrogen and oxygen atoms in total. The summed E-state index contributed by atoms with van der Waals surface area (Å²) in [6, 6.07) is 13.8. The molecule has 0 aliphatic rings. The summed E-state index contributed by atoms with van der Waals surface area (Å²) in [5.74, 6) is -0.599. The van der Waals surface area contributed by atoms with E-state index in [1.165, 1.54) is 0 Å². The van der Waals surface area contributed by atoms with Crippen molar-refractivity contribution in [1.82, 2.24) is 5.32 Å². The second kappa shape index (κ2) is 11.0. The van der Waals surface area contributed by atoms with Crippen LogP contribution in [0.4, 0.5) is 4.79 Å². The number of nitrogens with one attached hydrogen (secondary N) is 1. The van der Waals surface area contributed by atoms with Gasteiger partial charge < -0.3 is 14.8 Å². The van der Waals surface area contributed by atoms with E-state index in [9.17, 15) is 13.2 Å². The van der Waals surface area contributed by atoms with Gasteiger partial charge in [-0.15, -0.1) is 4.40 Å². The van der Waals surface area contributed by atoms with E-state index in [0.717, 1.165) is 11.1 Å². The molecule has 8 heteroatoms. The molecular weight excluding hydrogens is 452 g/mol. The van der Waals surface area contributed by atoms with Gasteiger partial charge in [-0.05, 0) is 71.2 Å². The van der Waals surface area contributed by atoms with Gasteiger partial charge in [-0.25, -0.2) is 4.79 Å². The second-order valence-electron chi connectivity index (χ2n) is 9.66. The summed E-state index contributed by atoms with van der Waals surface area (Å²) in [6.07, 6.45) is -0.942. The lowest BCUT2D eigenvalue weighted by Crippen LogP contribution is -2.40. The van der Waals surface area contributed by atoms with E-state index < -0.39 is 33.7 Å². The Morgan fingerprint density at radius 2 is 1.62 bits per heavy atom. The molecule has 2 rings (SSSR count). The third-order valence-corrected chi connectivity index (χ3v) is 6.32. The van der Waals surface area contributed by atoms with Crippen LogP contribution in [0.5, 0.6) is 0 Å². The van der Waals surface area contributed by atoms with Crippen LogP contribution in [-0.4, -0.2) is 32.1 Å². The maximum atomic E-state index is 13.3. The summed E-state index contributed by atoms with van der Waals surface area (Å²) >= 11 is 0. The molecule has 0 saturated heterocycles. The molecule has 0 fully saturated rings. The van der Waals surface area contributed by atoms with Crippen molar-refractivity contribution in [2.75, 3.05) is 0 Å². The molecule has 0 unspecified atom stereocenters. The number of nitrogens with zero attached hydrogens (tertiary/aromatic N) is 1. The summed E-state index contributed by atoms with van der Waals surface area (Å²) in [4.78, 5) is 12.8.